The molecule has 27 heavy (non-hydrogen) atoms. The minimum absolute atomic E-state index is 0.0482. The van der Waals surface area contributed by atoms with E-state index in [0.717, 1.165) is 5.56 Å². The number of amides is 1. The molecule has 0 N–H and O–H groups in total. The second kappa shape index (κ2) is 8.29. The van der Waals surface area contributed by atoms with Crippen molar-refractivity contribution in [2.75, 3.05) is 24.8 Å². The van der Waals surface area contributed by atoms with Crippen LogP contribution in [-0.2, 0) is 9.84 Å². The van der Waals surface area contributed by atoms with Gasteiger partial charge in [-0.1, -0.05) is 24.3 Å². The maximum atomic E-state index is 12.8. The molecule has 1 aliphatic rings. The van der Waals surface area contributed by atoms with E-state index in [2.05, 4.69) is 0 Å². The Labute approximate surface area is 169 Å². The third-order valence-corrected chi connectivity index (χ3v) is 8.98. The average Bonchev–Trinajstić information content (AvgIpc) is 3.20. The third kappa shape index (κ3) is 4.70. The van der Waals surface area contributed by atoms with Gasteiger partial charge in [-0.2, -0.15) is 0 Å². The van der Waals surface area contributed by atoms with Crippen LogP contribution in [0.2, 0.25) is 0 Å². The average molecular weight is 422 g/mol. The van der Waals surface area contributed by atoms with E-state index in [-0.39, 0.29) is 16.8 Å². The van der Waals surface area contributed by atoms with Gasteiger partial charge in [0.15, 0.2) is 9.84 Å². The van der Waals surface area contributed by atoms with E-state index >= 15 is 0 Å². The van der Waals surface area contributed by atoms with Crippen molar-refractivity contribution in [3.8, 4) is 0 Å². The van der Waals surface area contributed by atoms with E-state index in [1.54, 1.807) is 36.2 Å². The Morgan fingerprint density at radius 2 is 1.59 bits per heavy atom. The first-order valence-corrected chi connectivity index (χ1v) is 12.7. The molecule has 1 heterocycles. The van der Waals surface area contributed by atoms with Crippen molar-refractivity contribution in [2.45, 2.75) is 22.4 Å². The molecule has 0 saturated carbocycles. The fourth-order valence-electron chi connectivity index (χ4n) is 2.93. The van der Waals surface area contributed by atoms with Crippen molar-refractivity contribution in [3.63, 3.8) is 0 Å². The highest BCUT2D eigenvalue weighted by Gasteiger charge is 2.21. The summed E-state index contributed by atoms with van der Waals surface area (Å²) >= 11 is 3.89. The maximum absolute atomic E-state index is 12.8. The number of carbonyl (C=O) groups is 1. The number of hydrogen-bond acceptors (Lipinski definition) is 5. The van der Waals surface area contributed by atoms with Crippen LogP contribution < -0.4 is 0 Å². The number of sulfone groups is 1. The van der Waals surface area contributed by atoms with Crippen LogP contribution in [0.1, 0.15) is 39.0 Å². The van der Waals surface area contributed by atoms with Gasteiger partial charge in [-0.3, -0.25) is 4.79 Å². The molecular formula is C20H23NO3S3. The highest BCUT2D eigenvalue weighted by molar-refractivity contribution is 8.19. The summed E-state index contributed by atoms with van der Waals surface area (Å²) in [6.07, 6.45) is 1.19. The summed E-state index contributed by atoms with van der Waals surface area (Å²) in [5.41, 5.74) is 2.81. The molecule has 1 saturated heterocycles. The lowest BCUT2D eigenvalue weighted by molar-refractivity contribution is 0.0742. The van der Waals surface area contributed by atoms with Gasteiger partial charge in [-0.25, -0.2) is 8.42 Å². The quantitative estimate of drug-likeness (QED) is 0.716. The van der Waals surface area contributed by atoms with Gasteiger partial charge in [0.2, 0.25) is 0 Å². The van der Waals surface area contributed by atoms with E-state index in [9.17, 15) is 13.2 Å². The van der Waals surface area contributed by atoms with Crippen molar-refractivity contribution in [1.82, 2.24) is 4.90 Å². The summed E-state index contributed by atoms with van der Waals surface area (Å²) in [4.78, 5) is 14.8. The van der Waals surface area contributed by atoms with Crippen LogP contribution in [0.15, 0.2) is 53.4 Å². The van der Waals surface area contributed by atoms with Gasteiger partial charge in [0.05, 0.1) is 15.5 Å². The summed E-state index contributed by atoms with van der Waals surface area (Å²) in [5.74, 6) is 2.30. The first kappa shape index (κ1) is 20.3. The zero-order valence-corrected chi connectivity index (χ0v) is 18.0. The van der Waals surface area contributed by atoms with Crippen molar-refractivity contribution in [3.05, 3.63) is 65.2 Å². The van der Waals surface area contributed by atoms with Gasteiger partial charge in [-0.05, 0) is 42.3 Å². The van der Waals surface area contributed by atoms with E-state index in [4.69, 9.17) is 0 Å². The lowest BCUT2D eigenvalue weighted by Crippen LogP contribution is -2.29. The van der Waals surface area contributed by atoms with E-state index in [1.165, 1.54) is 23.3 Å². The van der Waals surface area contributed by atoms with Crippen molar-refractivity contribution in [1.29, 1.82) is 0 Å². The van der Waals surface area contributed by atoms with Crippen LogP contribution in [0, 0.1) is 0 Å². The Kier molecular flexibility index (Phi) is 6.23. The fraction of sp³-hybridized carbons (Fsp3) is 0.350. The zero-order valence-electron chi connectivity index (χ0n) is 15.6. The van der Waals surface area contributed by atoms with E-state index in [0.29, 0.717) is 10.1 Å². The van der Waals surface area contributed by atoms with Gasteiger partial charge >= 0.3 is 0 Å². The highest BCUT2D eigenvalue weighted by Crippen LogP contribution is 2.45. The van der Waals surface area contributed by atoms with Crippen molar-refractivity contribution in [2.24, 2.45) is 0 Å². The zero-order chi connectivity index (χ0) is 19.6. The van der Waals surface area contributed by atoms with Crippen LogP contribution in [0.3, 0.4) is 0 Å². The molecule has 1 aliphatic heterocycles. The van der Waals surface area contributed by atoms with Crippen LogP contribution in [0.25, 0.3) is 0 Å². The number of hydrogen-bond donors (Lipinski definition) is 0. The molecule has 0 aromatic heterocycles. The summed E-state index contributed by atoms with van der Waals surface area (Å²) < 4.78 is 23.7. The molecule has 2 aromatic carbocycles. The number of benzene rings is 2. The fourth-order valence-corrected chi connectivity index (χ4v) is 6.42. The van der Waals surface area contributed by atoms with Crippen LogP contribution >= 0.6 is 23.5 Å². The summed E-state index contributed by atoms with van der Waals surface area (Å²) in [7, 11) is -1.45. The SMILES string of the molecule is C[C@@H](c1ccc(S(C)(=O)=O)cc1)N(C)C(=O)c1ccc(C2SCCS2)cc1. The molecule has 0 bridgehead atoms. The largest absolute Gasteiger partial charge is 0.335 e. The molecule has 1 atom stereocenters. The maximum Gasteiger partial charge on any atom is 0.254 e. The normalized spacial score (nSPS) is 16.3. The summed E-state index contributed by atoms with van der Waals surface area (Å²) in [6.45, 7) is 1.94. The Morgan fingerprint density at radius 3 is 2.11 bits per heavy atom. The number of thioether (sulfide) groups is 2. The molecule has 1 fully saturated rings. The topological polar surface area (TPSA) is 54.5 Å². The first-order chi connectivity index (χ1) is 12.8. The lowest BCUT2D eigenvalue weighted by Gasteiger charge is -2.26. The molecule has 4 nitrogen and oxygen atoms in total. The van der Waals surface area contributed by atoms with Crippen LogP contribution in [-0.4, -0.2) is 44.0 Å². The molecule has 0 radical (unpaired) electrons. The summed E-state index contributed by atoms with van der Waals surface area (Å²) in [5, 5.41) is 0. The Hall–Kier alpha value is -1.44. The Balaban J connectivity index is 1.72. The second-order valence-corrected chi connectivity index (χ2v) is 11.4. The van der Waals surface area contributed by atoms with Crippen LogP contribution in [0.4, 0.5) is 0 Å². The number of rotatable bonds is 5. The molecular weight excluding hydrogens is 398 g/mol. The molecule has 144 valence electrons. The summed E-state index contributed by atoms with van der Waals surface area (Å²) in [6, 6.07) is 14.4. The van der Waals surface area contributed by atoms with E-state index < -0.39 is 9.84 Å². The van der Waals surface area contributed by atoms with Gasteiger partial charge < -0.3 is 4.90 Å². The first-order valence-electron chi connectivity index (χ1n) is 8.68. The molecule has 2 aromatic rings. The molecule has 0 spiro atoms. The third-order valence-electron chi connectivity index (χ3n) is 4.74. The Bertz CT molecular complexity index is 902. The number of nitrogens with zero attached hydrogens (tertiary/aromatic N) is 1. The predicted octanol–water partition coefficient (Wildman–Crippen LogP) is 4.40. The lowest BCUT2D eigenvalue weighted by atomic mass is 10.1. The second-order valence-electron chi connectivity index (χ2n) is 6.63. The van der Waals surface area contributed by atoms with E-state index in [1.807, 2.05) is 54.7 Å². The molecule has 7 heteroatoms. The minimum Gasteiger partial charge on any atom is -0.335 e. The molecule has 1 amide bonds. The molecule has 3 rings (SSSR count). The van der Waals surface area contributed by atoms with Gasteiger partial charge in [-0.15, -0.1) is 23.5 Å². The van der Waals surface area contributed by atoms with Crippen molar-refractivity contribution < 1.29 is 13.2 Å². The minimum atomic E-state index is -3.22. The van der Waals surface area contributed by atoms with Crippen LogP contribution in [0.5, 0.6) is 0 Å². The van der Waals surface area contributed by atoms with Crippen molar-refractivity contribution >= 4 is 39.3 Å². The molecule has 0 aliphatic carbocycles. The monoisotopic (exact) mass is 421 g/mol. The predicted molar refractivity (Wildman–Crippen MR) is 114 cm³/mol. The molecule has 0 unspecified atom stereocenters. The van der Waals surface area contributed by atoms with Gasteiger partial charge in [0, 0.05) is 30.4 Å². The van der Waals surface area contributed by atoms with Gasteiger partial charge in [0.25, 0.3) is 5.91 Å². The number of carbonyl (C=O) groups excluding carboxylic acids is 1. The highest BCUT2D eigenvalue weighted by atomic mass is 32.2. The smallest absolute Gasteiger partial charge is 0.254 e. The Morgan fingerprint density at radius 1 is 1.04 bits per heavy atom. The van der Waals surface area contributed by atoms with Gasteiger partial charge in [0.1, 0.15) is 0 Å². The standard InChI is InChI=1S/C20H23NO3S3/c1-14(15-8-10-18(11-9-15)27(3,23)24)21(2)19(22)16-4-6-17(7-5-16)20-25-12-13-26-20/h4-11,14,20H,12-13H2,1-3H3/t14-/m0/s1.